The number of aromatic nitrogens is 1. The van der Waals surface area contributed by atoms with Gasteiger partial charge < -0.3 is 5.11 Å². The first-order valence-corrected chi connectivity index (χ1v) is 2.72. The Morgan fingerprint density at radius 1 is 1.89 bits per heavy atom. The predicted octanol–water partition coefficient (Wildman–Crippen LogP) is 1.23. The fourth-order valence-corrected chi connectivity index (χ4v) is 0.626. The first-order valence-electron chi connectivity index (χ1n) is 3.34. The first kappa shape index (κ1) is 4.25. The lowest BCUT2D eigenvalue weighted by Gasteiger charge is -1.92. The summed E-state index contributed by atoms with van der Waals surface area (Å²) in [6.07, 6.45) is 1.34. The van der Waals surface area contributed by atoms with Crippen LogP contribution in [0.25, 0.3) is 0 Å². The maximum atomic E-state index is 8.83. The molecule has 1 heterocycles. The summed E-state index contributed by atoms with van der Waals surface area (Å²) in [5.41, 5.74) is -0.0787. The molecular weight excluding hydrogens is 138 g/mol. The van der Waals surface area contributed by atoms with Crippen LogP contribution in [-0.4, -0.2) is 10.1 Å². The molecule has 0 saturated carbocycles. The lowest BCUT2D eigenvalue weighted by atomic mass is 10.4. The van der Waals surface area contributed by atoms with Crippen LogP contribution in [0, 0.1) is 0 Å². The van der Waals surface area contributed by atoms with Crippen LogP contribution >= 0.6 is 11.6 Å². The van der Waals surface area contributed by atoms with E-state index in [9.17, 15) is 0 Å². The molecule has 9 heavy (non-hydrogen) atoms. The second-order valence-corrected chi connectivity index (χ2v) is 1.91. The smallest absolute Gasteiger partial charge is 0.0853 e. The van der Waals surface area contributed by atoms with Gasteiger partial charge in [0.1, 0.15) is 0 Å². The van der Waals surface area contributed by atoms with Crippen molar-refractivity contribution in [3.05, 3.63) is 29.0 Å². The molecule has 0 saturated heterocycles. The topological polar surface area (TPSA) is 33.1 Å². The monoisotopic (exact) mass is 145 g/mol. The van der Waals surface area contributed by atoms with Crippen LogP contribution in [0.5, 0.6) is 0 Å². The molecule has 1 N–H and O–H groups in total. The third-order valence-electron chi connectivity index (χ3n) is 0.837. The van der Waals surface area contributed by atoms with Crippen LogP contribution in [0.4, 0.5) is 0 Å². The molecule has 2 nitrogen and oxygen atoms in total. The van der Waals surface area contributed by atoms with E-state index in [-0.39, 0.29) is 5.69 Å². The van der Waals surface area contributed by atoms with E-state index in [0.717, 1.165) is 0 Å². The van der Waals surface area contributed by atoms with Crippen molar-refractivity contribution in [3.63, 3.8) is 0 Å². The highest BCUT2D eigenvalue weighted by molar-refractivity contribution is 6.30. The number of hydrogen-bond donors (Lipinski definition) is 1. The maximum Gasteiger partial charge on any atom is 0.0853 e. The van der Waals surface area contributed by atoms with Crippen molar-refractivity contribution < 1.29 is 7.85 Å². The summed E-state index contributed by atoms with van der Waals surface area (Å²) >= 11 is 5.53. The third kappa shape index (κ3) is 1.66. The van der Waals surface area contributed by atoms with Crippen LogP contribution in [0.1, 0.15) is 8.44 Å². The number of halogens is 1. The summed E-state index contributed by atoms with van der Waals surface area (Å²) in [4.78, 5) is 3.60. The highest BCUT2D eigenvalue weighted by Crippen LogP contribution is 2.06. The first-order chi connectivity index (χ1) is 5.00. The molecule has 1 aromatic heterocycles. The molecule has 3 heteroatoms. The Morgan fingerprint density at radius 3 is 3.11 bits per heavy atom. The number of pyridine rings is 1. The second-order valence-electron chi connectivity index (χ2n) is 1.47. The fourth-order valence-electron chi connectivity index (χ4n) is 0.466. The lowest BCUT2D eigenvalue weighted by Crippen LogP contribution is -1.85. The molecule has 0 fully saturated rings. The Bertz CT molecular complexity index is 261. The van der Waals surface area contributed by atoms with Gasteiger partial charge in [-0.1, -0.05) is 11.6 Å². The van der Waals surface area contributed by atoms with Gasteiger partial charge in [-0.15, -0.1) is 0 Å². The number of rotatable bonds is 1. The van der Waals surface area contributed by atoms with E-state index in [1.165, 1.54) is 18.3 Å². The van der Waals surface area contributed by atoms with E-state index in [0.29, 0.717) is 5.02 Å². The predicted molar refractivity (Wildman–Crippen MR) is 35.2 cm³/mol. The minimum Gasteiger partial charge on any atom is -0.390 e. The molecule has 1 aromatic rings. The molecule has 0 radical (unpaired) electrons. The van der Waals surface area contributed by atoms with Crippen molar-refractivity contribution in [2.75, 3.05) is 0 Å². The molecule has 0 aliphatic rings. The van der Waals surface area contributed by atoms with Gasteiger partial charge in [0.05, 0.1) is 15.0 Å². The van der Waals surface area contributed by atoms with Gasteiger partial charge in [0, 0.05) is 11.2 Å². The van der Waals surface area contributed by atoms with E-state index in [2.05, 4.69) is 4.98 Å². The molecular formula is C6H6ClNO. The van der Waals surface area contributed by atoms with Gasteiger partial charge in [0.25, 0.3) is 0 Å². The summed E-state index contributed by atoms with van der Waals surface area (Å²) in [5.74, 6) is 0. The maximum absolute atomic E-state index is 8.83. The number of hydrogen-bond acceptors (Lipinski definition) is 2. The summed E-state index contributed by atoms with van der Waals surface area (Å²) in [6, 6.07) is 2.79. The van der Waals surface area contributed by atoms with E-state index < -0.39 is 6.56 Å². The van der Waals surface area contributed by atoms with E-state index in [4.69, 9.17) is 19.4 Å². The van der Waals surface area contributed by atoms with Crippen molar-refractivity contribution in [2.24, 2.45) is 0 Å². The van der Waals surface area contributed by atoms with Crippen LogP contribution in [0.2, 0.25) is 5.02 Å². The highest BCUT2D eigenvalue weighted by Gasteiger charge is 1.90. The summed E-state index contributed by atoms with van der Waals surface area (Å²) in [5, 5.41) is 9.18. The lowest BCUT2D eigenvalue weighted by molar-refractivity contribution is 0.277. The summed E-state index contributed by atoms with van der Waals surface area (Å²) in [7, 11) is 0. The SMILES string of the molecule is [2H]C([2H])(O)c1cc(Cl)ccn1. The van der Waals surface area contributed by atoms with Crippen molar-refractivity contribution in [3.8, 4) is 0 Å². The molecule has 0 atom stereocenters. The molecule has 0 unspecified atom stereocenters. The summed E-state index contributed by atoms with van der Waals surface area (Å²) < 4.78 is 13.7. The number of aliphatic hydroxyl groups is 1. The standard InChI is InChI=1S/C6H6ClNO/c7-5-1-2-8-6(3-5)4-9/h1-3,9H,4H2/i4D2. The Balaban J connectivity index is 3.06. The van der Waals surface area contributed by atoms with Crippen molar-refractivity contribution in [2.45, 2.75) is 6.56 Å². The van der Waals surface area contributed by atoms with Crippen LogP contribution in [0.3, 0.4) is 0 Å². The molecule has 0 spiro atoms. The van der Waals surface area contributed by atoms with E-state index in [1.54, 1.807) is 0 Å². The third-order valence-corrected chi connectivity index (χ3v) is 1.07. The Hall–Kier alpha value is -0.600. The molecule has 48 valence electrons. The molecule has 0 aliphatic heterocycles. The molecule has 0 amide bonds. The Kier molecular flexibility index (Phi) is 1.32. The van der Waals surface area contributed by atoms with Gasteiger partial charge in [0.2, 0.25) is 0 Å². The van der Waals surface area contributed by atoms with Crippen LogP contribution in [0.15, 0.2) is 18.3 Å². The van der Waals surface area contributed by atoms with Gasteiger partial charge in [-0.05, 0) is 12.1 Å². The quantitative estimate of drug-likeness (QED) is 0.645. The van der Waals surface area contributed by atoms with Gasteiger partial charge in [-0.2, -0.15) is 0 Å². The average molecular weight is 146 g/mol. The van der Waals surface area contributed by atoms with Crippen molar-refractivity contribution in [1.82, 2.24) is 4.98 Å². The van der Waals surface area contributed by atoms with Gasteiger partial charge in [-0.25, -0.2) is 0 Å². The van der Waals surface area contributed by atoms with Crippen LogP contribution in [-0.2, 0) is 6.56 Å². The Morgan fingerprint density at radius 2 is 2.67 bits per heavy atom. The molecule has 0 aromatic carbocycles. The minimum absolute atomic E-state index is 0.0787. The largest absolute Gasteiger partial charge is 0.390 e. The molecule has 0 aliphatic carbocycles. The highest BCUT2D eigenvalue weighted by atomic mass is 35.5. The van der Waals surface area contributed by atoms with E-state index >= 15 is 0 Å². The van der Waals surface area contributed by atoms with Crippen molar-refractivity contribution in [1.29, 1.82) is 0 Å². The average Bonchev–Trinajstić information content (AvgIpc) is 1.86. The number of nitrogens with zero attached hydrogens (tertiary/aromatic N) is 1. The zero-order chi connectivity index (χ0) is 8.48. The molecule has 0 bridgehead atoms. The zero-order valence-corrected chi connectivity index (χ0v) is 5.26. The second kappa shape index (κ2) is 2.80. The van der Waals surface area contributed by atoms with Gasteiger partial charge in [-0.3, -0.25) is 4.98 Å². The Labute approximate surface area is 60.9 Å². The van der Waals surface area contributed by atoms with Crippen LogP contribution < -0.4 is 0 Å². The summed E-state index contributed by atoms with van der Waals surface area (Å²) in [6.45, 7) is -2.41. The normalized spacial score (nSPS) is 14.4. The minimum atomic E-state index is -2.41. The van der Waals surface area contributed by atoms with Crippen molar-refractivity contribution >= 4 is 11.6 Å². The van der Waals surface area contributed by atoms with E-state index in [1.807, 2.05) is 0 Å². The zero-order valence-electron chi connectivity index (χ0n) is 6.50. The molecule has 1 rings (SSSR count). The van der Waals surface area contributed by atoms with Gasteiger partial charge in [0.15, 0.2) is 0 Å². The van der Waals surface area contributed by atoms with Gasteiger partial charge >= 0.3 is 0 Å². The fraction of sp³-hybridized carbons (Fsp3) is 0.167.